The van der Waals surface area contributed by atoms with Gasteiger partial charge in [0.2, 0.25) is 0 Å². The monoisotopic (exact) mass is 357 g/mol. The molecule has 5 heteroatoms. The Hall–Kier alpha value is -1.75. The van der Waals surface area contributed by atoms with Gasteiger partial charge < -0.3 is 15.1 Å². The smallest absolute Gasteiger partial charge is 0.193 e. The highest BCUT2D eigenvalue weighted by Gasteiger charge is 2.17. The van der Waals surface area contributed by atoms with E-state index in [4.69, 9.17) is 4.99 Å². The Morgan fingerprint density at radius 1 is 0.962 bits per heavy atom. The van der Waals surface area contributed by atoms with Crippen LogP contribution in [0.3, 0.4) is 0 Å². The van der Waals surface area contributed by atoms with Gasteiger partial charge in [-0.3, -0.25) is 9.89 Å². The van der Waals surface area contributed by atoms with Gasteiger partial charge in [-0.15, -0.1) is 0 Å². The van der Waals surface area contributed by atoms with E-state index >= 15 is 0 Å². The van der Waals surface area contributed by atoms with Crippen molar-refractivity contribution in [3.63, 3.8) is 0 Å². The zero-order valence-corrected chi connectivity index (χ0v) is 16.4. The molecule has 0 amide bonds. The van der Waals surface area contributed by atoms with E-state index in [1.807, 2.05) is 0 Å². The molecule has 2 aliphatic heterocycles. The highest BCUT2D eigenvalue weighted by atomic mass is 15.3. The quantitative estimate of drug-likeness (QED) is 0.462. The van der Waals surface area contributed by atoms with Crippen molar-refractivity contribution < 1.29 is 0 Å². The Morgan fingerprint density at radius 3 is 2.38 bits per heavy atom. The van der Waals surface area contributed by atoms with E-state index in [2.05, 4.69) is 57.3 Å². The van der Waals surface area contributed by atoms with Crippen LogP contribution < -0.4 is 10.2 Å². The Morgan fingerprint density at radius 2 is 1.69 bits per heavy atom. The van der Waals surface area contributed by atoms with Gasteiger partial charge in [0.15, 0.2) is 5.96 Å². The van der Waals surface area contributed by atoms with E-state index in [9.17, 15) is 0 Å². The molecule has 0 saturated carbocycles. The lowest BCUT2D eigenvalue weighted by Crippen LogP contribution is -2.46. The summed E-state index contributed by atoms with van der Waals surface area (Å²) in [6, 6.07) is 10.8. The number of nitrogens with one attached hydrogen (secondary N) is 1. The Kier molecular flexibility index (Phi) is 7.62. The van der Waals surface area contributed by atoms with Crippen molar-refractivity contribution in [2.45, 2.75) is 32.6 Å². The molecule has 1 aromatic rings. The van der Waals surface area contributed by atoms with E-state index in [1.54, 1.807) is 0 Å². The highest BCUT2D eigenvalue weighted by Crippen LogP contribution is 2.15. The summed E-state index contributed by atoms with van der Waals surface area (Å²) in [4.78, 5) is 12.3. The first kappa shape index (κ1) is 19.0. The van der Waals surface area contributed by atoms with Gasteiger partial charge in [0.05, 0.1) is 0 Å². The first-order chi connectivity index (χ1) is 12.9. The summed E-state index contributed by atoms with van der Waals surface area (Å²) in [5.74, 6) is 1.13. The van der Waals surface area contributed by atoms with Gasteiger partial charge in [-0.1, -0.05) is 18.2 Å². The van der Waals surface area contributed by atoms with Crippen molar-refractivity contribution in [3.05, 3.63) is 30.3 Å². The number of hydrogen-bond donors (Lipinski definition) is 1. The van der Waals surface area contributed by atoms with Gasteiger partial charge in [0.25, 0.3) is 0 Å². The molecule has 0 bridgehead atoms. The standard InChI is InChI=1S/C21H35N5/c1-2-22-21(26-14-8-9-15-26)23-12-6-7-13-24-16-18-25(19-17-24)20-10-4-3-5-11-20/h3-5,10-11H,2,6-9,12-19H2,1H3,(H,22,23). The largest absolute Gasteiger partial charge is 0.369 e. The maximum atomic E-state index is 4.83. The number of rotatable bonds is 7. The maximum absolute atomic E-state index is 4.83. The molecular weight excluding hydrogens is 322 g/mol. The second kappa shape index (κ2) is 10.4. The van der Waals surface area contributed by atoms with Crippen molar-refractivity contribution in [2.24, 2.45) is 4.99 Å². The average molecular weight is 358 g/mol. The average Bonchev–Trinajstić information content (AvgIpc) is 3.23. The van der Waals surface area contributed by atoms with Crippen molar-refractivity contribution in [1.29, 1.82) is 0 Å². The van der Waals surface area contributed by atoms with E-state index in [1.165, 1.54) is 51.0 Å². The number of unbranched alkanes of at least 4 members (excludes halogenated alkanes) is 1. The molecule has 2 aliphatic rings. The number of benzene rings is 1. The molecule has 0 aliphatic carbocycles. The lowest BCUT2D eigenvalue weighted by Gasteiger charge is -2.36. The summed E-state index contributed by atoms with van der Waals surface area (Å²) in [5, 5.41) is 3.45. The minimum atomic E-state index is 0.947. The van der Waals surface area contributed by atoms with Crippen LogP contribution in [0, 0.1) is 0 Å². The molecule has 5 nitrogen and oxygen atoms in total. The third-order valence-electron chi connectivity index (χ3n) is 5.38. The second-order valence-electron chi connectivity index (χ2n) is 7.30. The van der Waals surface area contributed by atoms with Crippen LogP contribution in [0.5, 0.6) is 0 Å². The lowest BCUT2D eigenvalue weighted by molar-refractivity contribution is 0.253. The van der Waals surface area contributed by atoms with Gasteiger partial charge in [0.1, 0.15) is 0 Å². The van der Waals surface area contributed by atoms with E-state index in [-0.39, 0.29) is 0 Å². The number of anilines is 1. The number of piperazine rings is 1. The summed E-state index contributed by atoms with van der Waals surface area (Å²) < 4.78 is 0. The van der Waals surface area contributed by atoms with Crippen LogP contribution >= 0.6 is 0 Å². The molecule has 26 heavy (non-hydrogen) atoms. The predicted molar refractivity (Wildman–Crippen MR) is 111 cm³/mol. The minimum absolute atomic E-state index is 0.947. The Labute approximate surface area is 159 Å². The number of para-hydroxylation sites is 1. The molecule has 2 heterocycles. The van der Waals surface area contributed by atoms with E-state index in [0.717, 1.165) is 45.2 Å². The van der Waals surface area contributed by atoms with Crippen LogP contribution in [0.4, 0.5) is 5.69 Å². The summed E-state index contributed by atoms with van der Waals surface area (Å²) in [6.07, 6.45) is 5.04. The van der Waals surface area contributed by atoms with Gasteiger partial charge in [0, 0.05) is 58.0 Å². The van der Waals surface area contributed by atoms with Crippen molar-refractivity contribution >= 4 is 11.6 Å². The highest BCUT2D eigenvalue weighted by molar-refractivity contribution is 5.80. The number of hydrogen-bond acceptors (Lipinski definition) is 3. The molecule has 0 spiro atoms. The number of likely N-dealkylation sites (tertiary alicyclic amines) is 1. The maximum Gasteiger partial charge on any atom is 0.193 e. The topological polar surface area (TPSA) is 34.1 Å². The van der Waals surface area contributed by atoms with Gasteiger partial charge in [-0.2, -0.15) is 0 Å². The SMILES string of the molecule is CCNC(=NCCCCN1CCN(c2ccccc2)CC1)N1CCCC1. The van der Waals surface area contributed by atoms with Crippen LogP contribution in [-0.4, -0.2) is 74.7 Å². The molecule has 0 aromatic heterocycles. The fraction of sp³-hybridized carbons (Fsp3) is 0.667. The fourth-order valence-electron chi connectivity index (χ4n) is 3.86. The Balaban J connectivity index is 1.32. The lowest BCUT2D eigenvalue weighted by atomic mass is 10.2. The fourth-order valence-corrected chi connectivity index (χ4v) is 3.86. The summed E-state index contributed by atoms with van der Waals surface area (Å²) in [5.41, 5.74) is 1.36. The van der Waals surface area contributed by atoms with Crippen LogP contribution in [0.1, 0.15) is 32.6 Å². The summed E-state index contributed by atoms with van der Waals surface area (Å²) in [6.45, 7) is 12.2. The number of nitrogens with zero attached hydrogens (tertiary/aromatic N) is 4. The molecular formula is C21H35N5. The molecule has 0 radical (unpaired) electrons. The van der Waals surface area contributed by atoms with Gasteiger partial charge in [-0.25, -0.2) is 0 Å². The molecule has 1 N–H and O–H groups in total. The van der Waals surface area contributed by atoms with Crippen LogP contribution in [0.25, 0.3) is 0 Å². The van der Waals surface area contributed by atoms with Crippen LogP contribution in [0.2, 0.25) is 0 Å². The zero-order valence-electron chi connectivity index (χ0n) is 16.4. The van der Waals surface area contributed by atoms with Gasteiger partial charge in [-0.05, 0) is 51.3 Å². The normalized spacial score (nSPS) is 19.2. The summed E-state index contributed by atoms with van der Waals surface area (Å²) >= 11 is 0. The molecule has 3 rings (SSSR count). The number of aliphatic imine (C=N–C) groups is 1. The van der Waals surface area contributed by atoms with Crippen molar-refractivity contribution in [2.75, 3.05) is 63.8 Å². The van der Waals surface area contributed by atoms with Crippen LogP contribution in [-0.2, 0) is 0 Å². The molecule has 144 valence electrons. The zero-order chi connectivity index (χ0) is 18.0. The number of guanidine groups is 1. The van der Waals surface area contributed by atoms with Crippen molar-refractivity contribution in [1.82, 2.24) is 15.1 Å². The van der Waals surface area contributed by atoms with E-state index in [0.29, 0.717) is 0 Å². The minimum Gasteiger partial charge on any atom is -0.369 e. The first-order valence-corrected chi connectivity index (χ1v) is 10.4. The molecule has 2 fully saturated rings. The first-order valence-electron chi connectivity index (χ1n) is 10.4. The second-order valence-corrected chi connectivity index (χ2v) is 7.30. The predicted octanol–water partition coefficient (Wildman–Crippen LogP) is 2.65. The Bertz CT molecular complexity index is 531. The molecule has 0 atom stereocenters. The third-order valence-corrected chi connectivity index (χ3v) is 5.38. The van der Waals surface area contributed by atoms with Crippen LogP contribution in [0.15, 0.2) is 35.3 Å². The third kappa shape index (κ3) is 5.63. The summed E-state index contributed by atoms with van der Waals surface area (Å²) in [7, 11) is 0. The van der Waals surface area contributed by atoms with Gasteiger partial charge >= 0.3 is 0 Å². The van der Waals surface area contributed by atoms with Crippen molar-refractivity contribution in [3.8, 4) is 0 Å². The van der Waals surface area contributed by atoms with E-state index < -0.39 is 0 Å². The molecule has 1 aromatic carbocycles. The molecule has 2 saturated heterocycles. The molecule has 0 unspecified atom stereocenters.